The number of aliphatic carboxylic acids is 1. The molecule has 0 aliphatic heterocycles. The van der Waals surface area contributed by atoms with Crippen molar-refractivity contribution < 1.29 is 14.7 Å². The van der Waals surface area contributed by atoms with Crippen LogP contribution in [0.3, 0.4) is 0 Å². The Bertz CT molecular complexity index is 211. The predicted molar refractivity (Wildman–Crippen MR) is 58.6 cm³/mol. The summed E-state index contributed by atoms with van der Waals surface area (Å²) in [5.41, 5.74) is 0. The van der Waals surface area contributed by atoms with Gasteiger partial charge in [-0.1, -0.05) is 27.7 Å². The molecule has 0 fully saturated rings. The minimum Gasteiger partial charge on any atom is -0.480 e. The molecular formula is C10H18O3S. The van der Waals surface area contributed by atoms with E-state index >= 15 is 0 Å². The first-order valence-corrected chi connectivity index (χ1v) is 5.69. The molecule has 0 aromatic rings. The van der Waals surface area contributed by atoms with Crippen LogP contribution in [0.5, 0.6) is 0 Å². The summed E-state index contributed by atoms with van der Waals surface area (Å²) in [6.07, 6.45) is 0.135. The van der Waals surface area contributed by atoms with Crippen LogP contribution in [0.4, 0.5) is 0 Å². The van der Waals surface area contributed by atoms with E-state index in [1.807, 2.05) is 13.8 Å². The van der Waals surface area contributed by atoms with Crippen LogP contribution in [-0.4, -0.2) is 27.4 Å². The van der Waals surface area contributed by atoms with Gasteiger partial charge in [-0.25, -0.2) is 0 Å². The third kappa shape index (κ3) is 5.27. The Hall–Kier alpha value is -0.510. The van der Waals surface area contributed by atoms with Gasteiger partial charge in [0.25, 0.3) is 0 Å². The standard InChI is InChI=1S/C10H18O3S/c1-6(2)8(11)5-9(10(12)13)14-7(3)4/h6-7,9H,5H2,1-4H3,(H,12,13). The zero-order chi connectivity index (χ0) is 11.3. The molecule has 1 atom stereocenters. The number of thioether (sulfide) groups is 1. The molecule has 0 amide bonds. The lowest BCUT2D eigenvalue weighted by molar-refractivity contribution is -0.138. The Balaban J connectivity index is 4.23. The Morgan fingerprint density at radius 3 is 2.00 bits per heavy atom. The molecular weight excluding hydrogens is 200 g/mol. The number of rotatable bonds is 6. The molecule has 4 heteroatoms. The van der Waals surface area contributed by atoms with Crippen molar-refractivity contribution in [3.8, 4) is 0 Å². The highest BCUT2D eigenvalue weighted by atomic mass is 32.2. The van der Waals surface area contributed by atoms with Crippen molar-refractivity contribution in [2.75, 3.05) is 0 Å². The van der Waals surface area contributed by atoms with E-state index in [4.69, 9.17) is 5.11 Å². The van der Waals surface area contributed by atoms with Gasteiger partial charge in [0, 0.05) is 12.3 Å². The fourth-order valence-corrected chi connectivity index (χ4v) is 1.97. The first kappa shape index (κ1) is 13.5. The smallest absolute Gasteiger partial charge is 0.317 e. The van der Waals surface area contributed by atoms with Crippen LogP contribution in [0.25, 0.3) is 0 Å². The molecule has 0 aliphatic carbocycles. The minimum absolute atomic E-state index is 0.0190. The van der Waals surface area contributed by atoms with E-state index in [1.165, 1.54) is 11.8 Å². The highest BCUT2D eigenvalue weighted by Crippen LogP contribution is 2.21. The normalized spacial score (nSPS) is 13.3. The second kappa shape index (κ2) is 6.06. The summed E-state index contributed by atoms with van der Waals surface area (Å²) in [7, 11) is 0. The van der Waals surface area contributed by atoms with Crippen LogP contribution in [0.2, 0.25) is 0 Å². The maximum Gasteiger partial charge on any atom is 0.317 e. The number of hydrogen-bond acceptors (Lipinski definition) is 3. The largest absolute Gasteiger partial charge is 0.480 e. The molecule has 0 spiro atoms. The van der Waals surface area contributed by atoms with Crippen LogP contribution >= 0.6 is 11.8 Å². The molecule has 0 saturated heterocycles. The molecule has 1 unspecified atom stereocenters. The molecule has 0 aromatic heterocycles. The lowest BCUT2D eigenvalue weighted by Gasteiger charge is -2.14. The number of carbonyl (C=O) groups excluding carboxylic acids is 1. The number of carboxylic acid groups (broad SMARTS) is 1. The third-order valence-electron chi connectivity index (χ3n) is 1.74. The molecule has 0 saturated carbocycles. The lowest BCUT2D eigenvalue weighted by Crippen LogP contribution is -2.24. The maximum atomic E-state index is 11.4. The first-order valence-electron chi connectivity index (χ1n) is 4.75. The molecule has 0 aromatic carbocycles. The molecule has 0 radical (unpaired) electrons. The molecule has 14 heavy (non-hydrogen) atoms. The summed E-state index contributed by atoms with van der Waals surface area (Å²) in [5, 5.41) is 8.52. The van der Waals surface area contributed by atoms with Crippen LogP contribution in [0.1, 0.15) is 34.1 Å². The van der Waals surface area contributed by atoms with E-state index in [0.29, 0.717) is 0 Å². The zero-order valence-corrected chi connectivity index (χ0v) is 9.93. The van der Waals surface area contributed by atoms with E-state index in [-0.39, 0.29) is 23.4 Å². The summed E-state index contributed by atoms with van der Waals surface area (Å²) in [6.45, 7) is 7.45. The van der Waals surface area contributed by atoms with Crippen LogP contribution in [0, 0.1) is 5.92 Å². The van der Waals surface area contributed by atoms with Crippen molar-refractivity contribution in [2.45, 2.75) is 44.6 Å². The molecule has 82 valence electrons. The molecule has 0 bridgehead atoms. The number of carboxylic acids is 1. The van der Waals surface area contributed by atoms with Crippen molar-refractivity contribution >= 4 is 23.5 Å². The molecule has 3 nitrogen and oxygen atoms in total. The summed E-state index contributed by atoms with van der Waals surface area (Å²) in [5.74, 6) is -0.951. The van der Waals surface area contributed by atoms with Gasteiger partial charge in [0.05, 0.1) is 0 Å². The van der Waals surface area contributed by atoms with Gasteiger partial charge < -0.3 is 5.11 Å². The number of ketones is 1. The number of carbonyl (C=O) groups is 2. The van der Waals surface area contributed by atoms with E-state index in [2.05, 4.69) is 0 Å². The summed E-state index contributed by atoms with van der Waals surface area (Å²) >= 11 is 1.33. The monoisotopic (exact) mass is 218 g/mol. The predicted octanol–water partition coefficient (Wildman–Crippen LogP) is 2.20. The van der Waals surface area contributed by atoms with E-state index in [9.17, 15) is 9.59 Å². The van der Waals surface area contributed by atoms with Gasteiger partial charge in [0.15, 0.2) is 0 Å². The van der Waals surface area contributed by atoms with E-state index < -0.39 is 11.2 Å². The average Bonchev–Trinajstić information content (AvgIpc) is 2.01. The Labute approximate surface area is 89.3 Å². The highest BCUT2D eigenvalue weighted by Gasteiger charge is 2.23. The fourth-order valence-electron chi connectivity index (χ4n) is 0.941. The van der Waals surface area contributed by atoms with Gasteiger partial charge in [0.2, 0.25) is 0 Å². The summed E-state index contributed by atoms with van der Waals surface area (Å²) < 4.78 is 0. The van der Waals surface area contributed by atoms with Gasteiger partial charge in [-0.3, -0.25) is 9.59 Å². The van der Waals surface area contributed by atoms with Gasteiger partial charge >= 0.3 is 5.97 Å². The first-order chi connectivity index (χ1) is 6.34. The van der Waals surface area contributed by atoms with Gasteiger partial charge in [-0.15, -0.1) is 11.8 Å². The van der Waals surface area contributed by atoms with Crippen molar-refractivity contribution in [1.29, 1.82) is 0 Å². The van der Waals surface area contributed by atoms with Crippen LogP contribution in [-0.2, 0) is 9.59 Å². The van der Waals surface area contributed by atoms with Crippen molar-refractivity contribution in [2.24, 2.45) is 5.92 Å². The summed E-state index contributed by atoms with van der Waals surface area (Å²) in [4.78, 5) is 22.2. The Morgan fingerprint density at radius 1 is 1.21 bits per heavy atom. The average molecular weight is 218 g/mol. The fraction of sp³-hybridized carbons (Fsp3) is 0.800. The summed E-state index contributed by atoms with van der Waals surface area (Å²) in [6, 6.07) is 0. The second-order valence-electron chi connectivity index (χ2n) is 3.84. The van der Waals surface area contributed by atoms with Crippen molar-refractivity contribution in [3.63, 3.8) is 0 Å². The van der Waals surface area contributed by atoms with Gasteiger partial charge in [0.1, 0.15) is 11.0 Å². The maximum absolute atomic E-state index is 11.4. The van der Waals surface area contributed by atoms with Crippen molar-refractivity contribution in [3.05, 3.63) is 0 Å². The molecule has 0 rings (SSSR count). The lowest BCUT2D eigenvalue weighted by atomic mass is 10.0. The van der Waals surface area contributed by atoms with Crippen molar-refractivity contribution in [1.82, 2.24) is 0 Å². The van der Waals surface area contributed by atoms with Gasteiger partial charge in [-0.05, 0) is 5.25 Å². The van der Waals surface area contributed by atoms with Gasteiger partial charge in [-0.2, -0.15) is 0 Å². The number of Topliss-reactive ketones (excluding diaryl/α,β-unsaturated/α-hetero) is 1. The zero-order valence-electron chi connectivity index (χ0n) is 9.11. The topological polar surface area (TPSA) is 54.4 Å². The van der Waals surface area contributed by atoms with E-state index in [1.54, 1.807) is 13.8 Å². The highest BCUT2D eigenvalue weighted by molar-refractivity contribution is 8.01. The SMILES string of the molecule is CC(C)SC(CC(=O)C(C)C)C(=O)O. The number of hydrogen-bond donors (Lipinski definition) is 1. The third-order valence-corrected chi connectivity index (χ3v) is 2.98. The minimum atomic E-state index is -0.891. The Kier molecular flexibility index (Phi) is 5.84. The van der Waals surface area contributed by atoms with Crippen LogP contribution in [0.15, 0.2) is 0 Å². The molecule has 1 N–H and O–H groups in total. The van der Waals surface area contributed by atoms with Crippen LogP contribution < -0.4 is 0 Å². The Morgan fingerprint density at radius 2 is 1.71 bits per heavy atom. The molecule has 0 heterocycles. The van der Waals surface area contributed by atoms with E-state index in [0.717, 1.165) is 0 Å². The quantitative estimate of drug-likeness (QED) is 0.742. The molecule has 0 aliphatic rings. The second-order valence-corrected chi connectivity index (χ2v) is 5.62.